The predicted molar refractivity (Wildman–Crippen MR) is 71.9 cm³/mol. The summed E-state index contributed by atoms with van der Waals surface area (Å²) in [7, 11) is 0. The number of carboxylic acids is 1. The minimum atomic E-state index is -0.949. The summed E-state index contributed by atoms with van der Waals surface area (Å²) in [5.41, 5.74) is 7.65. The van der Waals surface area contributed by atoms with Gasteiger partial charge in [0.1, 0.15) is 5.69 Å². The SMILES string of the molecule is Nc1c(Br)sc2c(C(=O)O)n3ccccc3c12. The lowest BCUT2D eigenvalue weighted by Crippen LogP contribution is -2.01. The van der Waals surface area contributed by atoms with E-state index in [1.165, 1.54) is 11.3 Å². The lowest BCUT2D eigenvalue weighted by molar-refractivity contribution is 0.0692. The number of pyridine rings is 1. The van der Waals surface area contributed by atoms with Crippen molar-refractivity contribution in [3.05, 3.63) is 33.9 Å². The van der Waals surface area contributed by atoms with Gasteiger partial charge >= 0.3 is 5.97 Å². The Labute approximate surface area is 108 Å². The van der Waals surface area contributed by atoms with Crippen molar-refractivity contribution >= 4 is 54.5 Å². The minimum Gasteiger partial charge on any atom is -0.477 e. The highest BCUT2D eigenvalue weighted by Crippen LogP contribution is 2.42. The van der Waals surface area contributed by atoms with Gasteiger partial charge in [-0.1, -0.05) is 6.07 Å². The fourth-order valence-electron chi connectivity index (χ4n) is 1.99. The van der Waals surface area contributed by atoms with Crippen molar-refractivity contribution in [2.45, 2.75) is 0 Å². The van der Waals surface area contributed by atoms with E-state index in [1.54, 1.807) is 16.7 Å². The molecule has 3 aromatic heterocycles. The number of aromatic carboxylic acids is 1. The van der Waals surface area contributed by atoms with Gasteiger partial charge in [-0.3, -0.25) is 0 Å². The number of hydrogen-bond acceptors (Lipinski definition) is 3. The summed E-state index contributed by atoms with van der Waals surface area (Å²) in [5.74, 6) is -0.949. The first-order valence-electron chi connectivity index (χ1n) is 4.81. The summed E-state index contributed by atoms with van der Waals surface area (Å²) >= 11 is 4.70. The Kier molecular flexibility index (Phi) is 2.17. The number of fused-ring (bicyclic) bond motifs is 3. The molecule has 3 heterocycles. The first kappa shape index (κ1) is 10.6. The van der Waals surface area contributed by atoms with Crippen molar-refractivity contribution in [2.24, 2.45) is 0 Å². The number of aromatic nitrogens is 1. The molecule has 0 saturated carbocycles. The van der Waals surface area contributed by atoms with E-state index in [4.69, 9.17) is 5.73 Å². The number of carboxylic acid groups (broad SMARTS) is 1. The Hall–Kier alpha value is -1.53. The summed E-state index contributed by atoms with van der Waals surface area (Å²) in [6.07, 6.45) is 1.73. The first-order valence-corrected chi connectivity index (χ1v) is 6.42. The first-order chi connectivity index (χ1) is 8.11. The average molecular weight is 311 g/mol. The molecule has 0 radical (unpaired) electrons. The van der Waals surface area contributed by atoms with Crippen LogP contribution in [0.3, 0.4) is 0 Å². The van der Waals surface area contributed by atoms with Crippen LogP contribution in [-0.2, 0) is 0 Å². The molecule has 0 atom stereocenters. The van der Waals surface area contributed by atoms with Crippen molar-refractivity contribution in [3.8, 4) is 0 Å². The Morgan fingerprint density at radius 1 is 1.47 bits per heavy atom. The van der Waals surface area contributed by atoms with E-state index in [0.717, 1.165) is 14.7 Å². The Bertz CT molecular complexity index is 760. The second-order valence-corrected chi connectivity index (χ2v) is 5.94. The van der Waals surface area contributed by atoms with Crippen molar-refractivity contribution < 1.29 is 9.90 Å². The van der Waals surface area contributed by atoms with Gasteiger partial charge in [0.05, 0.1) is 19.7 Å². The molecule has 0 aliphatic heterocycles. The third kappa shape index (κ3) is 1.31. The molecule has 6 heteroatoms. The van der Waals surface area contributed by atoms with Gasteiger partial charge < -0.3 is 15.2 Å². The van der Waals surface area contributed by atoms with Gasteiger partial charge in [0, 0.05) is 11.6 Å². The number of hydrogen-bond donors (Lipinski definition) is 2. The highest BCUT2D eigenvalue weighted by Gasteiger charge is 2.22. The van der Waals surface area contributed by atoms with Gasteiger partial charge in [0.2, 0.25) is 0 Å². The van der Waals surface area contributed by atoms with Crippen LogP contribution in [0.1, 0.15) is 10.5 Å². The standard InChI is InChI=1S/C11H7BrN2O2S/c12-10-7(13)6-5-3-1-2-4-14(5)8(11(15)16)9(6)17-10/h1-4H,13H2,(H,15,16). The number of nitrogen functional groups attached to an aromatic ring is 1. The molecule has 17 heavy (non-hydrogen) atoms. The molecule has 86 valence electrons. The third-order valence-corrected chi connectivity index (χ3v) is 4.59. The molecule has 3 aromatic rings. The van der Waals surface area contributed by atoms with Gasteiger partial charge in [-0.25, -0.2) is 4.79 Å². The van der Waals surface area contributed by atoms with Crippen LogP contribution < -0.4 is 5.73 Å². The van der Waals surface area contributed by atoms with Crippen molar-refractivity contribution in [3.63, 3.8) is 0 Å². The fourth-order valence-corrected chi connectivity index (χ4v) is 3.66. The molecule has 0 spiro atoms. The number of rotatable bonds is 1. The maximum absolute atomic E-state index is 11.3. The summed E-state index contributed by atoms with van der Waals surface area (Å²) in [6.45, 7) is 0. The number of nitrogens with zero attached hydrogens (tertiary/aromatic N) is 1. The van der Waals surface area contributed by atoms with Crippen molar-refractivity contribution in [2.75, 3.05) is 5.73 Å². The van der Waals surface area contributed by atoms with Crippen LogP contribution in [0.4, 0.5) is 5.69 Å². The Morgan fingerprint density at radius 2 is 2.24 bits per heavy atom. The van der Waals surface area contributed by atoms with E-state index in [1.807, 2.05) is 12.1 Å². The van der Waals surface area contributed by atoms with E-state index in [0.29, 0.717) is 10.4 Å². The maximum atomic E-state index is 11.3. The van der Waals surface area contributed by atoms with Crippen LogP contribution in [0.2, 0.25) is 0 Å². The Morgan fingerprint density at radius 3 is 2.94 bits per heavy atom. The maximum Gasteiger partial charge on any atom is 0.354 e. The van der Waals surface area contributed by atoms with Gasteiger partial charge in [-0.05, 0) is 28.1 Å². The molecule has 0 fully saturated rings. The topological polar surface area (TPSA) is 67.7 Å². The smallest absolute Gasteiger partial charge is 0.354 e. The molecule has 0 unspecified atom stereocenters. The number of anilines is 1. The monoisotopic (exact) mass is 310 g/mol. The van der Waals surface area contributed by atoms with Gasteiger partial charge in [0.25, 0.3) is 0 Å². The second kappa shape index (κ2) is 3.48. The van der Waals surface area contributed by atoms with Gasteiger partial charge in [-0.2, -0.15) is 0 Å². The zero-order valence-corrected chi connectivity index (χ0v) is 10.9. The number of halogens is 1. The fraction of sp³-hybridized carbons (Fsp3) is 0. The Balaban J connectivity index is 2.65. The van der Waals surface area contributed by atoms with Crippen LogP contribution in [0.5, 0.6) is 0 Å². The lowest BCUT2D eigenvalue weighted by Gasteiger charge is -1.98. The summed E-state index contributed by atoms with van der Waals surface area (Å²) in [4.78, 5) is 11.3. The van der Waals surface area contributed by atoms with Crippen LogP contribution >= 0.6 is 27.3 Å². The quantitative estimate of drug-likeness (QED) is 0.725. The molecule has 0 aliphatic carbocycles. The lowest BCUT2D eigenvalue weighted by atomic mass is 10.3. The van der Waals surface area contributed by atoms with Gasteiger partial charge in [-0.15, -0.1) is 11.3 Å². The second-order valence-electron chi connectivity index (χ2n) is 3.60. The van der Waals surface area contributed by atoms with Crippen LogP contribution in [-0.4, -0.2) is 15.5 Å². The molecule has 0 amide bonds. The number of thiophene rings is 1. The van der Waals surface area contributed by atoms with E-state index in [9.17, 15) is 9.90 Å². The highest BCUT2D eigenvalue weighted by molar-refractivity contribution is 9.11. The molecule has 3 N–H and O–H groups in total. The number of nitrogens with two attached hydrogens (primary N) is 1. The molecular weight excluding hydrogens is 304 g/mol. The van der Waals surface area contributed by atoms with Gasteiger partial charge in [0.15, 0.2) is 0 Å². The summed E-state index contributed by atoms with van der Waals surface area (Å²) in [5, 5.41) is 10.1. The highest BCUT2D eigenvalue weighted by atomic mass is 79.9. The van der Waals surface area contributed by atoms with Crippen LogP contribution in [0, 0.1) is 0 Å². The molecule has 4 nitrogen and oxygen atoms in total. The minimum absolute atomic E-state index is 0.262. The molecular formula is C11H7BrN2O2S. The number of carbonyl (C=O) groups is 1. The van der Waals surface area contributed by atoms with E-state index >= 15 is 0 Å². The van der Waals surface area contributed by atoms with Crippen molar-refractivity contribution in [1.29, 1.82) is 0 Å². The third-order valence-electron chi connectivity index (χ3n) is 2.67. The van der Waals surface area contributed by atoms with Crippen LogP contribution in [0.25, 0.3) is 15.6 Å². The average Bonchev–Trinajstić information content (AvgIpc) is 2.74. The normalized spacial score (nSPS) is 11.4. The molecule has 3 rings (SSSR count). The largest absolute Gasteiger partial charge is 0.477 e. The zero-order chi connectivity index (χ0) is 12.2. The molecule has 0 aromatic carbocycles. The summed E-state index contributed by atoms with van der Waals surface area (Å²) in [6, 6.07) is 5.53. The molecule has 0 bridgehead atoms. The van der Waals surface area contributed by atoms with Crippen LogP contribution in [0.15, 0.2) is 28.2 Å². The molecule has 0 aliphatic rings. The van der Waals surface area contributed by atoms with E-state index in [2.05, 4.69) is 15.9 Å². The van der Waals surface area contributed by atoms with Crippen molar-refractivity contribution in [1.82, 2.24) is 4.40 Å². The molecule has 0 saturated heterocycles. The van der Waals surface area contributed by atoms with E-state index < -0.39 is 5.97 Å². The zero-order valence-electron chi connectivity index (χ0n) is 8.48. The van der Waals surface area contributed by atoms with E-state index in [-0.39, 0.29) is 5.69 Å². The summed E-state index contributed by atoms with van der Waals surface area (Å²) < 4.78 is 3.14. The predicted octanol–water partition coefficient (Wildman–Crippen LogP) is 3.20.